The molecule has 2 aromatic rings. The van der Waals surface area contributed by atoms with Crippen LogP contribution < -0.4 is 5.32 Å². The summed E-state index contributed by atoms with van der Waals surface area (Å²) in [7, 11) is 0. The molecule has 26 heavy (non-hydrogen) atoms. The van der Waals surface area contributed by atoms with Gasteiger partial charge in [0, 0.05) is 12.2 Å². The Bertz CT molecular complexity index is 900. The lowest BCUT2D eigenvalue weighted by Gasteiger charge is -2.29. The van der Waals surface area contributed by atoms with Gasteiger partial charge in [0.05, 0.1) is 36.8 Å². The van der Waals surface area contributed by atoms with Crippen molar-refractivity contribution in [1.82, 2.24) is 19.8 Å². The first kappa shape index (κ1) is 16.7. The van der Waals surface area contributed by atoms with Crippen LogP contribution in [-0.2, 0) is 27.4 Å². The van der Waals surface area contributed by atoms with Crippen molar-refractivity contribution in [3.8, 4) is 0 Å². The molecule has 2 amide bonds. The van der Waals surface area contributed by atoms with E-state index >= 15 is 0 Å². The van der Waals surface area contributed by atoms with Crippen molar-refractivity contribution in [2.24, 2.45) is 0 Å². The maximum Gasteiger partial charge on any atom is 0.242 e. The van der Waals surface area contributed by atoms with Crippen molar-refractivity contribution in [2.75, 3.05) is 19.7 Å². The molecule has 1 aromatic carbocycles. The van der Waals surface area contributed by atoms with Crippen molar-refractivity contribution in [1.29, 1.82) is 0 Å². The molecule has 2 fully saturated rings. The number of aromatic nitrogens is 2. The van der Waals surface area contributed by atoms with Gasteiger partial charge in [0.2, 0.25) is 11.8 Å². The summed E-state index contributed by atoms with van der Waals surface area (Å²) in [5.74, 6) is 0.379. The highest BCUT2D eigenvalue weighted by Crippen LogP contribution is 2.23. The summed E-state index contributed by atoms with van der Waals surface area (Å²) in [6.45, 7) is 3.18. The molecule has 1 N–H and O–H groups in total. The lowest BCUT2D eigenvalue weighted by Crippen LogP contribution is -2.51. The maximum atomic E-state index is 12.1. The summed E-state index contributed by atoms with van der Waals surface area (Å²) in [6, 6.07) is 5.40. The maximum absolute atomic E-state index is 12.1. The quantitative estimate of drug-likeness (QED) is 0.787. The number of ether oxygens (including phenoxy) is 1. The lowest BCUT2D eigenvalue weighted by molar-refractivity contribution is -0.141. The Morgan fingerprint density at radius 2 is 2.19 bits per heavy atom. The molecule has 0 saturated carbocycles. The first-order valence-electron chi connectivity index (χ1n) is 8.67. The van der Waals surface area contributed by atoms with E-state index in [1.807, 2.05) is 16.7 Å². The van der Waals surface area contributed by atoms with Crippen LogP contribution in [0.25, 0.3) is 11.0 Å². The summed E-state index contributed by atoms with van der Waals surface area (Å²) >= 11 is 0. The number of rotatable bonds is 5. The molecule has 0 radical (unpaired) electrons. The standard InChI is InChI=1S/C18H20N4O4/c1-11(23)12-2-3-14-15(6-12)22(8-13-4-5-26-13)16(20-14)9-21-10-17(24)19-7-18(21)25/h2-3,6,13H,4-5,7-10H2,1H3,(H,19,24)/t13-/m0/s1. The molecule has 2 aliphatic heterocycles. The van der Waals surface area contributed by atoms with E-state index < -0.39 is 0 Å². The third-order valence-electron chi connectivity index (χ3n) is 4.87. The molecular formula is C18H20N4O4. The number of carbonyl (C=O) groups excluding carboxylic acids is 3. The molecule has 2 aliphatic rings. The average Bonchev–Trinajstić information content (AvgIpc) is 2.90. The molecule has 0 bridgehead atoms. The topological polar surface area (TPSA) is 93.5 Å². The fraction of sp³-hybridized carbons (Fsp3) is 0.444. The van der Waals surface area contributed by atoms with Crippen LogP contribution in [0.2, 0.25) is 0 Å². The van der Waals surface area contributed by atoms with Gasteiger partial charge in [-0.05, 0) is 31.5 Å². The fourth-order valence-electron chi connectivity index (χ4n) is 3.27. The van der Waals surface area contributed by atoms with Crippen LogP contribution in [0.5, 0.6) is 0 Å². The number of imidazole rings is 1. The van der Waals surface area contributed by atoms with Crippen molar-refractivity contribution >= 4 is 28.6 Å². The van der Waals surface area contributed by atoms with Crippen LogP contribution in [0, 0.1) is 0 Å². The Morgan fingerprint density at radius 3 is 2.88 bits per heavy atom. The molecule has 0 spiro atoms. The van der Waals surface area contributed by atoms with Gasteiger partial charge >= 0.3 is 0 Å². The molecule has 1 atom stereocenters. The highest BCUT2D eigenvalue weighted by atomic mass is 16.5. The number of fused-ring (bicyclic) bond motifs is 1. The summed E-state index contributed by atoms with van der Waals surface area (Å²) < 4.78 is 7.56. The third kappa shape index (κ3) is 3.08. The molecule has 0 aliphatic carbocycles. The van der Waals surface area contributed by atoms with Gasteiger partial charge in [-0.25, -0.2) is 4.98 Å². The van der Waals surface area contributed by atoms with Crippen molar-refractivity contribution in [2.45, 2.75) is 32.5 Å². The Hall–Kier alpha value is -2.74. The first-order valence-corrected chi connectivity index (χ1v) is 8.67. The Balaban J connectivity index is 1.71. The van der Waals surface area contributed by atoms with E-state index in [9.17, 15) is 14.4 Å². The zero-order valence-electron chi connectivity index (χ0n) is 14.5. The van der Waals surface area contributed by atoms with Crippen LogP contribution in [0.4, 0.5) is 0 Å². The van der Waals surface area contributed by atoms with E-state index in [4.69, 9.17) is 4.74 Å². The second-order valence-electron chi connectivity index (χ2n) is 6.71. The molecule has 3 heterocycles. The average molecular weight is 356 g/mol. The van der Waals surface area contributed by atoms with E-state index in [1.165, 1.54) is 11.8 Å². The number of nitrogens with zero attached hydrogens (tertiary/aromatic N) is 3. The monoisotopic (exact) mass is 356 g/mol. The van der Waals surface area contributed by atoms with Crippen molar-refractivity contribution in [3.63, 3.8) is 0 Å². The number of hydrogen-bond donors (Lipinski definition) is 1. The Kier molecular flexibility index (Phi) is 4.20. The Labute approximate surface area is 150 Å². The van der Waals surface area contributed by atoms with Gasteiger partial charge in [-0.3, -0.25) is 14.4 Å². The normalized spacial score (nSPS) is 20.2. The first-order chi connectivity index (χ1) is 12.5. The lowest BCUT2D eigenvalue weighted by atomic mass is 10.1. The van der Waals surface area contributed by atoms with Gasteiger partial charge in [0.15, 0.2) is 5.78 Å². The summed E-state index contributed by atoms with van der Waals surface area (Å²) in [5.41, 5.74) is 2.23. The van der Waals surface area contributed by atoms with Crippen LogP contribution in [0.3, 0.4) is 0 Å². The minimum absolute atomic E-state index is 0.0102. The molecule has 1 aromatic heterocycles. The number of nitrogens with one attached hydrogen (secondary N) is 1. The van der Waals surface area contributed by atoms with Crippen LogP contribution >= 0.6 is 0 Å². The van der Waals surface area contributed by atoms with E-state index in [-0.39, 0.29) is 43.3 Å². The van der Waals surface area contributed by atoms with Gasteiger partial charge in [-0.2, -0.15) is 0 Å². The van der Waals surface area contributed by atoms with Gasteiger partial charge in [0.1, 0.15) is 12.4 Å². The number of benzene rings is 1. The summed E-state index contributed by atoms with van der Waals surface area (Å²) in [6.07, 6.45) is 1.07. The van der Waals surface area contributed by atoms with Gasteiger partial charge in [-0.1, -0.05) is 0 Å². The highest BCUT2D eigenvalue weighted by molar-refractivity contribution is 5.97. The summed E-state index contributed by atoms with van der Waals surface area (Å²) in [4.78, 5) is 41.6. The second-order valence-corrected chi connectivity index (χ2v) is 6.71. The molecule has 8 heteroatoms. The number of carbonyl (C=O) groups is 3. The SMILES string of the molecule is CC(=O)c1ccc2nc(CN3CC(=O)NCC3=O)n(C[C@@H]3CCO3)c2c1. The van der Waals surface area contributed by atoms with E-state index in [0.717, 1.165) is 24.1 Å². The number of piperazine rings is 1. The van der Waals surface area contributed by atoms with Gasteiger partial charge < -0.3 is 19.5 Å². The van der Waals surface area contributed by atoms with Gasteiger partial charge in [0.25, 0.3) is 0 Å². The molecule has 0 unspecified atom stereocenters. The smallest absolute Gasteiger partial charge is 0.242 e. The van der Waals surface area contributed by atoms with E-state index in [0.29, 0.717) is 17.9 Å². The number of Topliss-reactive ketones (excluding diaryl/α,β-unsaturated/α-hetero) is 1. The molecule has 8 nitrogen and oxygen atoms in total. The summed E-state index contributed by atoms with van der Waals surface area (Å²) in [5, 5.41) is 2.54. The molecule has 4 rings (SSSR count). The highest BCUT2D eigenvalue weighted by Gasteiger charge is 2.27. The Morgan fingerprint density at radius 1 is 1.38 bits per heavy atom. The predicted octanol–water partition coefficient (Wildman–Crippen LogP) is 0.486. The van der Waals surface area contributed by atoms with Crippen molar-refractivity contribution in [3.05, 3.63) is 29.6 Å². The number of ketones is 1. The molecule has 2 saturated heterocycles. The third-order valence-corrected chi connectivity index (χ3v) is 4.87. The predicted molar refractivity (Wildman–Crippen MR) is 92.5 cm³/mol. The van der Waals surface area contributed by atoms with Gasteiger partial charge in [-0.15, -0.1) is 0 Å². The number of amides is 2. The zero-order chi connectivity index (χ0) is 18.3. The van der Waals surface area contributed by atoms with Crippen LogP contribution in [0.15, 0.2) is 18.2 Å². The number of hydrogen-bond acceptors (Lipinski definition) is 5. The minimum atomic E-state index is -0.173. The van der Waals surface area contributed by atoms with Crippen LogP contribution in [0.1, 0.15) is 29.5 Å². The fourth-order valence-corrected chi connectivity index (χ4v) is 3.27. The van der Waals surface area contributed by atoms with Crippen molar-refractivity contribution < 1.29 is 19.1 Å². The van der Waals surface area contributed by atoms with Crippen LogP contribution in [-0.4, -0.2) is 57.8 Å². The zero-order valence-corrected chi connectivity index (χ0v) is 14.5. The van der Waals surface area contributed by atoms with E-state index in [1.54, 1.807) is 6.07 Å². The molecular weight excluding hydrogens is 336 g/mol. The molecule has 136 valence electrons. The minimum Gasteiger partial charge on any atom is -0.376 e. The largest absolute Gasteiger partial charge is 0.376 e. The second kappa shape index (κ2) is 6.53. The van der Waals surface area contributed by atoms with E-state index in [2.05, 4.69) is 10.3 Å².